The van der Waals surface area contributed by atoms with E-state index in [0.717, 1.165) is 19.4 Å². The Kier molecular flexibility index (Phi) is 5.55. The fourth-order valence-electron chi connectivity index (χ4n) is 1.79. The first-order valence-corrected chi connectivity index (χ1v) is 6.44. The van der Waals surface area contributed by atoms with Crippen LogP contribution in [0.4, 0.5) is 0 Å². The number of methoxy groups -OCH3 is 1. The Morgan fingerprint density at radius 3 is 2.22 bits per heavy atom. The van der Waals surface area contributed by atoms with Crippen LogP contribution in [-0.4, -0.2) is 49.2 Å². The highest BCUT2D eigenvalue weighted by Crippen LogP contribution is 2.28. The van der Waals surface area contributed by atoms with Gasteiger partial charge in [-0.1, -0.05) is 0 Å². The summed E-state index contributed by atoms with van der Waals surface area (Å²) in [6, 6.07) is 0. The molecule has 0 amide bonds. The van der Waals surface area contributed by atoms with Crippen LogP contribution >= 0.6 is 0 Å². The van der Waals surface area contributed by atoms with Gasteiger partial charge in [-0.2, -0.15) is 0 Å². The lowest BCUT2D eigenvalue weighted by Gasteiger charge is -2.20. The van der Waals surface area contributed by atoms with Crippen molar-refractivity contribution in [3.63, 3.8) is 0 Å². The molecule has 0 saturated carbocycles. The van der Waals surface area contributed by atoms with E-state index in [9.17, 15) is 0 Å². The maximum atomic E-state index is 8.60. The first-order valence-electron chi connectivity index (χ1n) is 6.44. The summed E-state index contributed by atoms with van der Waals surface area (Å²) in [5.41, 5.74) is 0. The molecule has 0 radical (unpaired) electrons. The zero-order chi connectivity index (χ0) is 13.8. The first-order chi connectivity index (χ1) is 8.23. The average molecular weight is 262 g/mol. The first kappa shape index (κ1) is 15.9. The summed E-state index contributed by atoms with van der Waals surface area (Å²) in [6.07, 6.45) is 2.70. The molecular formula is C13H26O5. The van der Waals surface area contributed by atoms with Crippen LogP contribution in [-0.2, 0) is 18.9 Å². The third kappa shape index (κ3) is 5.63. The minimum Gasteiger partial charge on any atom is -0.375 e. The van der Waals surface area contributed by atoms with E-state index in [-0.39, 0.29) is 12.2 Å². The topological polar surface area (TPSA) is 57.2 Å². The Labute approximate surface area is 109 Å². The SMILES string of the molecule is CC1(C)OCC(C2CCCO2)O1.COC(C)(C)O. The molecule has 1 N–H and O–H groups in total. The predicted octanol–water partition coefficient (Wildman–Crippen LogP) is 1.68. The number of hydrogen-bond donors (Lipinski definition) is 1. The lowest BCUT2D eigenvalue weighted by molar-refractivity contribution is -0.155. The van der Waals surface area contributed by atoms with Crippen LogP contribution in [0.15, 0.2) is 0 Å². The van der Waals surface area contributed by atoms with Crippen LogP contribution < -0.4 is 0 Å². The van der Waals surface area contributed by atoms with Gasteiger partial charge >= 0.3 is 0 Å². The van der Waals surface area contributed by atoms with Gasteiger partial charge in [0.05, 0.1) is 12.7 Å². The van der Waals surface area contributed by atoms with Gasteiger partial charge < -0.3 is 24.1 Å². The molecule has 5 nitrogen and oxygen atoms in total. The van der Waals surface area contributed by atoms with Crippen LogP contribution in [0.2, 0.25) is 0 Å². The molecule has 2 aliphatic heterocycles. The zero-order valence-corrected chi connectivity index (χ0v) is 12.1. The molecule has 2 unspecified atom stereocenters. The standard InChI is InChI=1S/C9H16O3.C4H10O2/c1-9(2)11-6-8(12-9)7-4-3-5-10-7;1-4(2,5)6-3/h7-8H,3-6H2,1-2H3;5H,1-3H3. The smallest absolute Gasteiger partial charge is 0.163 e. The third-order valence-electron chi connectivity index (χ3n) is 2.91. The summed E-state index contributed by atoms with van der Waals surface area (Å²) in [6.45, 7) is 8.60. The summed E-state index contributed by atoms with van der Waals surface area (Å²) >= 11 is 0. The highest BCUT2D eigenvalue weighted by Gasteiger charge is 2.38. The summed E-state index contributed by atoms with van der Waals surface area (Å²) in [5, 5.41) is 8.60. The van der Waals surface area contributed by atoms with Gasteiger partial charge in [-0.25, -0.2) is 0 Å². The van der Waals surface area contributed by atoms with Gasteiger partial charge in [-0.3, -0.25) is 0 Å². The van der Waals surface area contributed by atoms with Crippen LogP contribution in [0.25, 0.3) is 0 Å². The van der Waals surface area contributed by atoms with E-state index in [4.69, 9.17) is 19.3 Å². The maximum Gasteiger partial charge on any atom is 0.163 e. The van der Waals surface area contributed by atoms with Crippen molar-refractivity contribution in [2.24, 2.45) is 0 Å². The van der Waals surface area contributed by atoms with Crippen molar-refractivity contribution in [2.75, 3.05) is 20.3 Å². The van der Waals surface area contributed by atoms with Crippen LogP contribution in [0, 0.1) is 0 Å². The normalized spacial score (nSPS) is 31.0. The summed E-state index contributed by atoms with van der Waals surface area (Å²) in [7, 11) is 1.46. The van der Waals surface area contributed by atoms with E-state index in [1.165, 1.54) is 7.11 Å². The van der Waals surface area contributed by atoms with E-state index < -0.39 is 11.6 Å². The molecule has 2 fully saturated rings. The van der Waals surface area contributed by atoms with Crippen molar-refractivity contribution in [3.05, 3.63) is 0 Å². The van der Waals surface area contributed by atoms with Gasteiger partial charge in [0, 0.05) is 13.7 Å². The van der Waals surface area contributed by atoms with Crippen molar-refractivity contribution >= 4 is 0 Å². The monoisotopic (exact) mass is 262 g/mol. The summed E-state index contributed by atoms with van der Waals surface area (Å²) in [5.74, 6) is -1.36. The second kappa shape index (κ2) is 6.30. The lowest BCUT2D eigenvalue weighted by atomic mass is 10.1. The van der Waals surface area contributed by atoms with Gasteiger partial charge in [-0.05, 0) is 40.5 Å². The molecule has 0 aromatic carbocycles. The maximum absolute atomic E-state index is 8.60. The molecule has 2 aliphatic rings. The van der Waals surface area contributed by atoms with Crippen LogP contribution in [0.1, 0.15) is 40.5 Å². The Morgan fingerprint density at radius 1 is 1.28 bits per heavy atom. The molecule has 2 heterocycles. The minimum absolute atomic E-state index is 0.155. The van der Waals surface area contributed by atoms with Crippen LogP contribution in [0.5, 0.6) is 0 Å². The largest absolute Gasteiger partial charge is 0.375 e. The summed E-state index contributed by atoms with van der Waals surface area (Å²) in [4.78, 5) is 0. The van der Waals surface area contributed by atoms with Gasteiger partial charge in [0.2, 0.25) is 0 Å². The van der Waals surface area contributed by atoms with Crippen molar-refractivity contribution in [1.29, 1.82) is 0 Å². The highest BCUT2D eigenvalue weighted by atomic mass is 16.7. The molecule has 2 rings (SSSR count). The van der Waals surface area contributed by atoms with Crippen LogP contribution in [0.3, 0.4) is 0 Å². The Hall–Kier alpha value is -0.200. The third-order valence-corrected chi connectivity index (χ3v) is 2.91. The molecule has 0 aromatic heterocycles. The molecule has 0 bridgehead atoms. The van der Waals surface area contributed by atoms with E-state index in [2.05, 4.69) is 4.74 Å². The Balaban J connectivity index is 0.000000232. The van der Waals surface area contributed by atoms with E-state index in [0.29, 0.717) is 6.61 Å². The van der Waals surface area contributed by atoms with Gasteiger partial charge in [0.1, 0.15) is 6.10 Å². The lowest BCUT2D eigenvalue weighted by Crippen LogP contribution is -2.30. The summed E-state index contributed by atoms with van der Waals surface area (Å²) < 4.78 is 21.2. The highest BCUT2D eigenvalue weighted by molar-refractivity contribution is 4.81. The van der Waals surface area contributed by atoms with E-state index >= 15 is 0 Å². The second-order valence-electron chi connectivity index (χ2n) is 5.57. The number of rotatable bonds is 2. The molecular weight excluding hydrogens is 236 g/mol. The fourth-order valence-corrected chi connectivity index (χ4v) is 1.79. The molecule has 18 heavy (non-hydrogen) atoms. The van der Waals surface area contributed by atoms with E-state index in [1.807, 2.05) is 13.8 Å². The molecule has 2 saturated heterocycles. The van der Waals surface area contributed by atoms with E-state index in [1.54, 1.807) is 13.8 Å². The quantitative estimate of drug-likeness (QED) is 0.767. The second-order valence-corrected chi connectivity index (χ2v) is 5.57. The molecule has 108 valence electrons. The Bertz CT molecular complexity index is 240. The molecule has 2 atom stereocenters. The fraction of sp³-hybridized carbons (Fsp3) is 1.00. The molecule has 0 aromatic rings. The number of ether oxygens (including phenoxy) is 4. The minimum atomic E-state index is -0.958. The van der Waals surface area contributed by atoms with Crippen molar-refractivity contribution in [1.82, 2.24) is 0 Å². The van der Waals surface area contributed by atoms with Crippen molar-refractivity contribution in [2.45, 2.75) is 64.3 Å². The molecule has 5 heteroatoms. The zero-order valence-electron chi connectivity index (χ0n) is 12.1. The van der Waals surface area contributed by atoms with Crippen molar-refractivity contribution in [3.8, 4) is 0 Å². The predicted molar refractivity (Wildman–Crippen MR) is 67.2 cm³/mol. The number of aliphatic hydroxyl groups is 1. The molecule has 0 spiro atoms. The van der Waals surface area contributed by atoms with Crippen molar-refractivity contribution < 1.29 is 24.1 Å². The number of hydrogen-bond acceptors (Lipinski definition) is 5. The molecule has 0 aliphatic carbocycles. The van der Waals surface area contributed by atoms with Gasteiger partial charge in [0.25, 0.3) is 0 Å². The average Bonchev–Trinajstić information content (AvgIpc) is 2.86. The van der Waals surface area contributed by atoms with Gasteiger partial charge in [0.15, 0.2) is 11.6 Å². The Morgan fingerprint density at radius 2 is 1.89 bits per heavy atom. The van der Waals surface area contributed by atoms with Gasteiger partial charge in [-0.15, -0.1) is 0 Å².